The van der Waals surface area contributed by atoms with Crippen LogP contribution in [0, 0.1) is 0 Å². The third kappa shape index (κ3) is 3.67. The summed E-state index contributed by atoms with van der Waals surface area (Å²) in [5.41, 5.74) is 4.06. The molecule has 6 rings (SSSR count). The number of benzene rings is 1. The average molecular weight is 445 g/mol. The Balaban J connectivity index is 1.37. The molecule has 1 fully saturated rings. The summed E-state index contributed by atoms with van der Waals surface area (Å²) in [6.45, 7) is 1.73. The zero-order valence-corrected chi connectivity index (χ0v) is 19.2. The van der Waals surface area contributed by atoms with Crippen LogP contribution in [-0.2, 0) is 25.8 Å². The van der Waals surface area contributed by atoms with E-state index >= 15 is 0 Å². The summed E-state index contributed by atoms with van der Waals surface area (Å²) in [5, 5.41) is 14.1. The molecule has 0 radical (unpaired) electrons. The van der Waals surface area contributed by atoms with Crippen molar-refractivity contribution in [3.05, 3.63) is 58.9 Å². The summed E-state index contributed by atoms with van der Waals surface area (Å²) in [5.74, 6) is 2.13. The highest BCUT2D eigenvalue weighted by Gasteiger charge is 2.37. The van der Waals surface area contributed by atoms with E-state index in [9.17, 15) is 4.79 Å². The lowest BCUT2D eigenvalue weighted by Gasteiger charge is -2.24. The molecule has 3 aromatic rings. The number of carbonyl (C=O) groups is 1. The standard InChI is InChI=1S/C26H32N6O/c33-26(30-18-10-15-22(30)25-28-27-23-16-8-3-9-17-31(23)25)24-20-13-6-2-7-14-21(20)32(29-24)19-11-4-1-5-12-19/h1,4-5,11-12,22H,2-3,6-10,13-18H2. The maximum absolute atomic E-state index is 14.0. The van der Waals surface area contributed by atoms with Gasteiger partial charge in [0, 0.05) is 30.8 Å². The number of nitrogens with zero attached hydrogens (tertiary/aromatic N) is 6. The lowest BCUT2D eigenvalue weighted by Crippen LogP contribution is -2.33. The average Bonchev–Trinajstić information content (AvgIpc) is 3.47. The number of rotatable bonds is 3. The van der Waals surface area contributed by atoms with Gasteiger partial charge in [-0.1, -0.05) is 31.0 Å². The Morgan fingerprint density at radius 1 is 0.848 bits per heavy atom. The predicted octanol–water partition coefficient (Wildman–Crippen LogP) is 4.44. The number of aromatic nitrogens is 5. The van der Waals surface area contributed by atoms with Crippen molar-refractivity contribution in [3.8, 4) is 5.69 Å². The summed E-state index contributed by atoms with van der Waals surface area (Å²) in [6, 6.07) is 10.3. The van der Waals surface area contributed by atoms with E-state index in [0.717, 1.165) is 87.4 Å². The van der Waals surface area contributed by atoms with Crippen molar-refractivity contribution in [2.24, 2.45) is 0 Å². The number of aryl methyl sites for hydroxylation is 1. The Labute approximate surface area is 194 Å². The number of likely N-dealkylation sites (tertiary alicyclic amines) is 1. The fourth-order valence-corrected chi connectivity index (χ4v) is 5.90. The first kappa shape index (κ1) is 20.6. The van der Waals surface area contributed by atoms with Crippen LogP contribution in [0.5, 0.6) is 0 Å². The van der Waals surface area contributed by atoms with Crippen molar-refractivity contribution in [2.45, 2.75) is 83.2 Å². The molecule has 2 aliphatic heterocycles. The number of fused-ring (bicyclic) bond motifs is 2. The molecule has 0 bridgehead atoms. The summed E-state index contributed by atoms with van der Waals surface area (Å²) in [6.07, 6.45) is 11.9. The van der Waals surface area contributed by atoms with E-state index < -0.39 is 0 Å². The molecule has 1 unspecified atom stereocenters. The predicted molar refractivity (Wildman–Crippen MR) is 125 cm³/mol. The van der Waals surface area contributed by atoms with Gasteiger partial charge in [0.1, 0.15) is 5.82 Å². The van der Waals surface area contributed by atoms with Crippen molar-refractivity contribution in [1.82, 2.24) is 29.4 Å². The summed E-state index contributed by atoms with van der Waals surface area (Å²) in [4.78, 5) is 16.0. The zero-order chi connectivity index (χ0) is 22.2. The molecule has 1 aromatic carbocycles. The van der Waals surface area contributed by atoms with Crippen LogP contribution < -0.4 is 0 Å². The molecule has 33 heavy (non-hydrogen) atoms. The molecule has 1 aliphatic carbocycles. The van der Waals surface area contributed by atoms with E-state index in [2.05, 4.69) is 26.9 Å². The third-order valence-corrected chi connectivity index (χ3v) is 7.58. The number of para-hydroxylation sites is 1. The number of carbonyl (C=O) groups excluding carboxylic acids is 1. The van der Waals surface area contributed by atoms with Crippen LogP contribution in [0.1, 0.15) is 90.8 Å². The largest absolute Gasteiger partial charge is 0.327 e. The third-order valence-electron chi connectivity index (χ3n) is 7.58. The Bertz CT molecular complexity index is 1150. The summed E-state index contributed by atoms with van der Waals surface area (Å²) < 4.78 is 4.33. The molecule has 0 spiro atoms. The minimum Gasteiger partial charge on any atom is -0.327 e. The minimum absolute atomic E-state index is 0.000142. The molecule has 7 nitrogen and oxygen atoms in total. The maximum atomic E-state index is 14.0. The smallest absolute Gasteiger partial charge is 0.275 e. The van der Waals surface area contributed by atoms with Gasteiger partial charge in [-0.2, -0.15) is 5.10 Å². The van der Waals surface area contributed by atoms with Gasteiger partial charge in [-0.15, -0.1) is 10.2 Å². The second-order valence-corrected chi connectivity index (χ2v) is 9.68. The van der Waals surface area contributed by atoms with Crippen LogP contribution in [0.2, 0.25) is 0 Å². The van der Waals surface area contributed by atoms with Crippen molar-refractivity contribution >= 4 is 5.91 Å². The highest BCUT2D eigenvalue weighted by atomic mass is 16.2. The van der Waals surface area contributed by atoms with E-state index in [4.69, 9.17) is 5.10 Å². The topological polar surface area (TPSA) is 68.8 Å². The van der Waals surface area contributed by atoms with Gasteiger partial charge >= 0.3 is 0 Å². The van der Waals surface area contributed by atoms with Crippen LogP contribution in [-0.4, -0.2) is 41.9 Å². The van der Waals surface area contributed by atoms with Gasteiger partial charge in [0.05, 0.1) is 11.7 Å². The number of amides is 1. The molecule has 172 valence electrons. The molecule has 7 heteroatoms. The Morgan fingerprint density at radius 2 is 1.67 bits per heavy atom. The van der Waals surface area contributed by atoms with Gasteiger partial charge in [-0.25, -0.2) is 4.68 Å². The van der Waals surface area contributed by atoms with Gasteiger partial charge in [-0.05, 0) is 63.5 Å². The molecule has 0 saturated carbocycles. The molecule has 3 aliphatic rings. The van der Waals surface area contributed by atoms with Crippen molar-refractivity contribution in [2.75, 3.05) is 6.54 Å². The minimum atomic E-state index is 0.000142. The normalized spacial score (nSPS) is 20.7. The Kier molecular flexibility index (Phi) is 5.48. The SMILES string of the molecule is O=C(c1nn(-c2ccccc2)c2c1CCCCC2)N1CCCC1c1nnc2n1CCCCC2. The quantitative estimate of drug-likeness (QED) is 0.560. The number of hydrogen-bond donors (Lipinski definition) is 0. The molecule has 1 atom stereocenters. The van der Waals surface area contributed by atoms with Gasteiger partial charge in [0.2, 0.25) is 0 Å². The molecule has 4 heterocycles. The van der Waals surface area contributed by atoms with Gasteiger partial charge in [-0.3, -0.25) is 4.79 Å². The van der Waals surface area contributed by atoms with Crippen molar-refractivity contribution in [1.29, 1.82) is 0 Å². The van der Waals surface area contributed by atoms with Gasteiger partial charge in [0.15, 0.2) is 11.5 Å². The van der Waals surface area contributed by atoms with E-state index in [1.54, 1.807) is 0 Å². The van der Waals surface area contributed by atoms with Gasteiger partial charge in [0.25, 0.3) is 5.91 Å². The van der Waals surface area contributed by atoms with Crippen LogP contribution in [0.15, 0.2) is 30.3 Å². The van der Waals surface area contributed by atoms with E-state index in [-0.39, 0.29) is 11.9 Å². The van der Waals surface area contributed by atoms with Crippen molar-refractivity contribution < 1.29 is 4.79 Å². The van der Waals surface area contributed by atoms with Crippen LogP contribution >= 0.6 is 0 Å². The van der Waals surface area contributed by atoms with E-state index in [1.807, 2.05) is 27.8 Å². The zero-order valence-electron chi connectivity index (χ0n) is 19.2. The Hall–Kier alpha value is -2.96. The first-order valence-electron chi connectivity index (χ1n) is 12.7. The van der Waals surface area contributed by atoms with Crippen LogP contribution in [0.3, 0.4) is 0 Å². The first-order valence-corrected chi connectivity index (χ1v) is 12.7. The molecule has 0 N–H and O–H groups in total. The summed E-state index contributed by atoms with van der Waals surface area (Å²) >= 11 is 0. The second kappa shape index (κ2) is 8.76. The molecular formula is C26H32N6O. The fourth-order valence-electron chi connectivity index (χ4n) is 5.90. The monoisotopic (exact) mass is 444 g/mol. The molecule has 1 amide bonds. The second-order valence-electron chi connectivity index (χ2n) is 9.68. The molecule has 1 saturated heterocycles. The molecule has 2 aromatic heterocycles. The van der Waals surface area contributed by atoms with Crippen molar-refractivity contribution in [3.63, 3.8) is 0 Å². The highest BCUT2D eigenvalue weighted by Crippen LogP contribution is 2.35. The molecular weight excluding hydrogens is 412 g/mol. The lowest BCUT2D eigenvalue weighted by molar-refractivity contribution is 0.0719. The number of hydrogen-bond acceptors (Lipinski definition) is 4. The van der Waals surface area contributed by atoms with Crippen LogP contribution in [0.25, 0.3) is 5.69 Å². The van der Waals surface area contributed by atoms with E-state index in [1.165, 1.54) is 25.0 Å². The Morgan fingerprint density at radius 3 is 2.58 bits per heavy atom. The van der Waals surface area contributed by atoms with E-state index in [0.29, 0.717) is 5.69 Å². The van der Waals surface area contributed by atoms with Gasteiger partial charge < -0.3 is 9.47 Å². The first-order chi connectivity index (χ1) is 16.3. The highest BCUT2D eigenvalue weighted by molar-refractivity contribution is 5.94. The maximum Gasteiger partial charge on any atom is 0.275 e. The van der Waals surface area contributed by atoms with Crippen LogP contribution in [0.4, 0.5) is 0 Å². The summed E-state index contributed by atoms with van der Waals surface area (Å²) in [7, 11) is 0. The fraction of sp³-hybridized carbons (Fsp3) is 0.538. The lowest BCUT2D eigenvalue weighted by atomic mass is 10.1.